The molecule has 3 nitrogen and oxygen atoms in total. The van der Waals surface area contributed by atoms with Crippen molar-refractivity contribution < 1.29 is 5.11 Å². The van der Waals surface area contributed by atoms with Gasteiger partial charge in [-0.3, -0.25) is 4.90 Å². The maximum Gasteiger partial charge on any atom is 0.107 e. The molecule has 1 aliphatic heterocycles. The molecule has 0 aliphatic carbocycles. The number of likely N-dealkylation sites (tertiary alicyclic amines) is 1. The highest BCUT2D eigenvalue weighted by Gasteiger charge is 2.33. The summed E-state index contributed by atoms with van der Waals surface area (Å²) >= 11 is 1.74. The minimum Gasteiger partial charge on any atom is -0.396 e. The lowest BCUT2D eigenvalue weighted by molar-refractivity contribution is 0.0258. The van der Waals surface area contributed by atoms with Gasteiger partial charge < -0.3 is 5.11 Å². The molecule has 1 aromatic heterocycles. The van der Waals surface area contributed by atoms with Crippen LogP contribution < -0.4 is 0 Å². The molecule has 1 aliphatic rings. The number of rotatable bonds is 4. The van der Waals surface area contributed by atoms with Crippen molar-refractivity contribution in [1.29, 1.82) is 0 Å². The topological polar surface area (TPSA) is 36.4 Å². The van der Waals surface area contributed by atoms with Crippen LogP contribution in [0.2, 0.25) is 0 Å². The number of aliphatic hydroxyl groups is 1. The molecule has 17 heavy (non-hydrogen) atoms. The molecule has 0 radical (unpaired) electrons. The zero-order valence-electron chi connectivity index (χ0n) is 10.8. The number of hydrogen-bond donors (Lipinski definition) is 1. The van der Waals surface area contributed by atoms with E-state index in [9.17, 15) is 5.11 Å². The van der Waals surface area contributed by atoms with E-state index in [2.05, 4.69) is 22.2 Å². The number of piperidine rings is 1. The van der Waals surface area contributed by atoms with E-state index >= 15 is 0 Å². The third-order valence-corrected chi connectivity index (χ3v) is 4.80. The molecule has 0 bridgehead atoms. The molecule has 2 heterocycles. The summed E-state index contributed by atoms with van der Waals surface area (Å²) in [6.07, 6.45) is 3.42. The van der Waals surface area contributed by atoms with Gasteiger partial charge >= 0.3 is 0 Å². The summed E-state index contributed by atoms with van der Waals surface area (Å²) in [7, 11) is 0. The predicted octanol–water partition coefficient (Wildman–Crippen LogP) is 2.44. The van der Waals surface area contributed by atoms with Crippen LogP contribution in [0.3, 0.4) is 0 Å². The van der Waals surface area contributed by atoms with Gasteiger partial charge in [0.15, 0.2) is 0 Å². The molecule has 1 N–H and O–H groups in total. The molecule has 2 rings (SSSR count). The van der Waals surface area contributed by atoms with E-state index < -0.39 is 0 Å². The Morgan fingerprint density at radius 2 is 2.41 bits per heavy atom. The molecule has 4 heteroatoms. The summed E-state index contributed by atoms with van der Waals surface area (Å²) in [4.78, 5) is 6.96. The predicted molar refractivity (Wildman–Crippen MR) is 71.2 cm³/mol. The number of nitrogens with zero attached hydrogens (tertiary/aromatic N) is 2. The maximum absolute atomic E-state index is 9.59. The first-order chi connectivity index (χ1) is 8.17. The fraction of sp³-hybridized carbons (Fsp3) is 0.769. The molecular formula is C13H22N2OS. The maximum atomic E-state index is 9.59. The van der Waals surface area contributed by atoms with E-state index in [1.165, 1.54) is 11.4 Å². The van der Waals surface area contributed by atoms with Crippen LogP contribution in [-0.2, 0) is 6.54 Å². The molecule has 1 saturated heterocycles. The second-order valence-corrected chi connectivity index (χ2v) is 6.15. The van der Waals surface area contributed by atoms with Crippen LogP contribution in [-0.4, -0.2) is 34.7 Å². The van der Waals surface area contributed by atoms with Gasteiger partial charge in [-0.2, -0.15) is 0 Å². The molecule has 1 fully saturated rings. The molecule has 0 saturated carbocycles. The molecule has 0 spiro atoms. The standard InChI is InChI=1S/C13H22N2OS/c1-3-13(10-16)5-4-6-15(9-13)7-12-14-11(2)8-17-12/h8,16H,3-7,9-10H2,1-2H3/t13-/m0/s1. The number of hydrogen-bond acceptors (Lipinski definition) is 4. The van der Waals surface area contributed by atoms with E-state index in [1.807, 2.05) is 6.92 Å². The lowest BCUT2D eigenvalue weighted by Crippen LogP contribution is -2.44. The van der Waals surface area contributed by atoms with E-state index in [0.717, 1.165) is 38.2 Å². The van der Waals surface area contributed by atoms with Gasteiger partial charge in [0.05, 0.1) is 6.54 Å². The van der Waals surface area contributed by atoms with Crippen LogP contribution in [0.15, 0.2) is 5.38 Å². The van der Waals surface area contributed by atoms with Crippen LogP contribution in [0.25, 0.3) is 0 Å². The first-order valence-corrected chi connectivity index (χ1v) is 7.30. The van der Waals surface area contributed by atoms with Crippen molar-refractivity contribution in [2.75, 3.05) is 19.7 Å². The molecule has 96 valence electrons. The average molecular weight is 254 g/mol. The van der Waals surface area contributed by atoms with Gasteiger partial charge in [-0.1, -0.05) is 6.92 Å². The first-order valence-electron chi connectivity index (χ1n) is 6.42. The highest BCUT2D eigenvalue weighted by Crippen LogP contribution is 2.33. The molecule has 1 aromatic rings. The van der Waals surface area contributed by atoms with E-state index in [-0.39, 0.29) is 5.41 Å². The summed E-state index contributed by atoms with van der Waals surface area (Å²) in [5, 5.41) is 12.9. The van der Waals surface area contributed by atoms with Crippen molar-refractivity contribution in [3.63, 3.8) is 0 Å². The largest absolute Gasteiger partial charge is 0.396 e. The summed E-state index contributed by atoms with van der Waals surface area (Å²) < 4.78 is 0. The Bertz CT molecular complexity index is 360. The average Bonchev–Trinajstić information content (AvgIpc) is 2.75. The second-order valence-electron chi connectivity index (χ2n) is 5.21. The summed E-state index contributed by atoms with van der Waals surface area (Å²) in [6.45, 7) is 7.64. The third kappa shape index (κ3) is 3.06. The van der Waals surface area contributed by atoms with Crippen LogP contribution in [0.1, 0.15) is 36.9 Å². The lowest BCUT2D eigenvalue weighted by Gasteiger charge is -2.41. The minimum atomic E-state index is 0.130. The summed E-state index contributed by atoms with van der Waals surface area (Å²) in [5.41, 5.74) is 1.25. The zero-order chi connectivity index (χ0) is 12.3. The van der Waals surface area contributed by atoms with Gasteiger partial charge in [-0.25, -0.2) is 4.98 Å². The van der Waals surface area contributed by atoms with E-state index in [0.29, 0.717) is 6.61 Å². The Kier molecular flexibility index (Phi) is 4.17. The highest BCUT2D eigenvalue weighted by atomic mass is 32.1. The molecular weight excluding hydrogens is 232 g/mol. The fourth-order valence-corrected chi connectivity index (χ4v) is 3.45. The second kappa shape index (κ2) is 5.46. The molecule has 0 amide bonds. The normalized spacial score (nSPS) is 26.3. The van der Waals surface area contributed by atoms with Crippen molar-refractivity contribution in [1.82, 2.24) is 9.88 Å². The van der Waals surface area contributed by atoms with E-state index in [4.69, 9.17) is 0 Å². The quantitative estimate of drug-likeness (QED) is 0.896. The van der Waals surface area contributed by atoms with Gasteiger partial charge in [0.25, 0.3) is 0 Å². The van der Waals surface area contributed by atoms with Crippen molar-refractivity contribution in [2.45, 2.75) is 39.7 Å². The van der Waals surface area contributed by atoms with Gasteiger partial charge in [0.2, 0.25) is 0 Å². The molecule has 0 aromatic carbocycles. The Labute approximate surface area is 107 Å². The summed E-state index contributed by atoms with van der Waals surface area (Å²) in [6, 6.07) is 0. The van der Waals surface area contributed by atoms with Crippen molar-refractivity contribution in [3.05, 3.63) is 16.1 Å². The van der Waals surface area contributed by atoms with Crippen molar-refractivity contribution >= 4 is 11.3 Å². The van der Waals surface area contributed by atoms with Gasteiger partial charge in [0, 0.05) is 29.6 Å². The third-order valence-electron chi connectivity index (χ3n) is 3.85. The number of aromatic nitrogens is 1. The monoisotopic (exact) mass is 254 g/mol. The Hall–Kier alpha value is -0.450. The SMILES string of the molecule is CC[C@]1(CO)CCCN(Cc2nc(C)cs2)C1. The van der Waals surface area contributed by atoms with Gasteiger partial charge in [0.1, 0.15) is 5.01 Å². The summed E-state index contributed by atoms with van der Waals surface area (Å²) in [5.74, 6) is 0. The van der Waals surface area contributed by atoms with Crippen LogP contribution in [0.4, 0.5) is 0 Å². The highest BCUT2D eigenvalue weighted by molar-refractivity contribution is 7.09. The van der Waals surface area contributed by atoms with Crippen molar-refractivity contribution in [2.24, 2.45) is 5.41 Å². The molecule has 1 atom stereocenters. The Morgan fingerprint density at radius 1 is 1.59 bits per heavy atom. The van der Waals surface area contributed by atoms with Gasteiger partial charge in [-0.05, 0) is 32.7 Å². The van der Waals surface area contributed by atoms with E-state index in [1.54, 1.807) is 11.3 Å². The van der Waals surface area contributed by atoms with Crippen molar-refractivity contribution in [3.8, 4) is 0 Å². The lowest BCUT2D eigenvalue weighted by atomic mass is 9.78. The smallest absolute Gasteiger partial charge is 0.107 e. The Morgan fingerprint density at radius 3 is 3.00 bits per heavy atom. The first kappa shape index (κ1) is 13.0. The van der Waals surface area contributed by atoms with Crippen LogP contribution >= 0.6 is 11.3 Å². The fourth-order valence-electron chi connectivity index (χ4n) is 2.64. The number of aryl methyl sites for hydroxylation is 1. The van der Waals surface area contributed by atoms with Crippen LogP contribution in [0.5, 0.6) is 0 Å². The zero-order valence-corrected chi connectivity index (χ0v) is 11.6. The Balaban J connectivity index is 1.98. The number of thiazole rings is 1. The number of aliphatic hydroxyl groups excluding tert-OH is 1. The van der Waals surface area contributed by atoms with Gasteiger partial charge in [-0.15, -0.1) is 11.3 Å². The molecule has 0 unspecified atom stereocenters. The van der Waals surface area contributed by atoms with Crippen LogP contribution in [0, 0.1) is 12.3 Å². The minimum absolute atomic E-state index is 0.130.